The van der Waals surface area contributed by atoms with Gasteiger partial charge in [0.25, 0.3) is 5.91 Å². The van der Waals surface area contributed by atoms with Gasteiger partial charge in [0.15, 0.2) is 12.8 Å². The standard InChI is InChI=1S/C32H53N5O7S/c1-10-21(6)28(35-30(41)24-13-11-12-14-36(24)9)32(42)37(18-43-27(39)15-19(2)3)25(20(4)5)16-26(44-22(7)38)31-34-23(17-45-31)29(40)33-8/h17,19-21,24-26,28H,10-16,18H2,1-9H3,(H,33,40)(H,35,41)/t21-,24+,25+,26+,28-/m0/s1. The molecule has 3 amide bonds. The molecule has 1 aromatic heterocycles. The molecular weight excluding hydrogens is 598 g/mol. The Hall–Kier alpha value is -3.06. The monoisotopic (exact) mass is 651 g/mol. The molecule has 1 fully saturated rings. The minimum absolute atomic E-state index is 0.0648. The van der Waals surface area contributed by atoms with Crippen molar-refractivity contribution >= 4 is 41.0 Å². The zero-order valence-electron chi connectivity index (χ0n) is 28.4. The van der Waals surface area contributed by atoms with E-state index < -0.39 is 30.1 Å². The number of likely N-dealkylation sites (N-methyl/N-ethyl adjacent to an activating group) is 1. The van der Waals surface area contributed by atoms with Crippen LogP contribution in [-0.4, -0.2) is 89.9 Å². The number of thiazole rings is 1. The number of hydrogen-bond acceptors (Lipinski definition) is 10. The van der Waals surface area contributed by atoms with Gasteiger partial charge in [-0.05, 0) is 44.2 Å². The predicted molar refractivity (Wildman–Crippen MR) is 172 cm³/mol. The van der Waals surface area contributed by atoms with Gasteiger partial charge in [0.1, 0.15) is 16.7 Å². The summed E-state index contributed by atoms with van der Waals surface area (Å²) in [5.74, 6) is -2.25. The van der Waals surface area contributed by atoms with Crippen LogP contribution in [0.25, 0.3) is 0 Å². The smallest absolute Gasteiger partial charge is 0.307 e. The highest BCUT2D eigenvalue weighted by atomic mass is 32.1. The van der Waals surface area contributed by atoms with Gasteiger partial charge in [-0.3, -0.25) is 28.9 Å². The third-order valence-electron chi connectivity index (χ3n) is 8.26. The lowest BCUT2D eigenvalue weighted by Crippen LogP contribution is -2.59. The Morgan fingerprint density at radius 2 is 1.82 bits per heavy atom. The highest BCUT2D eigenvalue weighted by Crippen LogP contribution is 2.31. The van der Waals surface area contributed by atoms with Crippen molar-refractivity contribution in [2.45, 2.75) is 111 Å². The molecule has 2 heterocycles. The van der Waals surface area contributed by atoms with E-state index in [4.69, 9.17) is 9.47 Å². The van der Waals surface area contributed by atoms with Crippen molar-refractivity contribution in [3.63, 3.8) is 0 Å². The molecule has 1 aromatic rings. The van der Waals surface area contributed by atoms with E-state index in [1.165, 1.54) is 30.2 Å². The molecule has 254 valence electrons. The topological polar surface area (TPSA) is 147 Å². The van der Waals surface area contributed by atoms with Crippen LogP contribution in [-0.2, 0) is 28.7 Å². The number of carbonyl (C=O) groups is 5. The summed E-state index contributed by atoms with van der Waals surface area (Å²) in [6.45, 7) is 13.3. The van der Waals surface area contributed by atoms with Gasteiger partial charge in [0, 0.05) is 38.2 Å². The molecule has 0 radical (unpaired) electrons. The molecule has 0 unspecified atom stereocenters. The van der Waals surface area contributed by atoms with Crippen molar-refractivity contribution in [1.82, 2.24) is 25.4 Å². The molecule has 0 spiro atoms. The van der Waals surface area contributed by atoms with Crippen molar-refractivity contribution in [2.24, 2.45) is 17.8 Å². The minimum Gasteiger partial charge on any atom is -0.455 e. The molecule has 45 heavy (non-hydrogen) atoms. The highest BCUT2D eigenvalue weighted by Gasteiger charge is 2.39. The predicted octanol–water partition coefficient (Wildman–Crippen LogP) is 3.91. The maximum Gasteiger partial charge on any atom is 0.307 e. The number of nitrogens with one attached hydrogen (secondary N) is 2. The Balaban J connectivity index is 2.50. The van der Waals surface area contributed by atoms with Crippen molar-refractivity contribution in [3.05, 3.63) is 16.1 Å². The molecule has 0 saturated carbocycles. The number of nitrogens with zero attached hydrogens (tertiary/aromatic N) is 3. The fourth-order valence-electron chi connectivity index (χ4n) is 5.42. The van der Waals surface area contributed by atoms with Crippen LogP contribution < -0.4 is 10.6 Å². The second-order valence-electron chi connectivity index (χ2n) is 12.7. The number of amides is 3. The molecule has 12 nitrogen and oxygen atoms in total. The van der Waals surface area contributed by atoms with E-state index in [2.05, 4.69) is 15.6 Å². The lowest BCUT2D eigenvalue weighted by Gasteiger charge is -2.39. The van der Waals surface area contributed by atoms with Crippen molar-refractivity contribution in [1.29, 1.82) is 0 Å². The fourth-order valence-corrected chi connectivity index (χ4v) is 6.26. The first kappa shape index (κ1) is 38.1. The number of piperidine rings is 1. The maximum absolute atomic E-state index is 14.5. The minimum atomic E-state index is -0.868. The second-order valence-corrected chi connectivity index (χ2v) is 13.6. The quantitative estimate of drug-likeness (QED) is 0.201. The molecule has 0 bridgehead atoms. The number of esters is 2. The number of aromatic nitrogens is 1. The average Bonchev–Trinajstić information content (AvgIpc) is 3.47. The van der Waals surface area contributed by atoms with Crippen LogP contribution in [0.2, 0.25) is 0 Å². The summed E-state index contributed by atoms with van der Waals surface area (Å²) in [4.78, 5) is 73.1. The van der Waals surface area contributed by atoms with Gasteiger partial charge >= 0.3 is 11.9 Å². The first-order valence-electron chi connectivity index (χ1n) is 16.0. The summed E-state index contributed by atoms with van der Waals surface area (Å²) in [6, 6.07) is -1.78. The largest absolute Gasteiger partial charge is 0.455 e. The van der Waals surface area contributed by atoms with Crippen LogP contribution in [0.15, 0.2) is 5.38 Å². The van der Waals surface area contributed by atoms with Gasteiger partial charge in [0.05, 0.1) is 6.04 Å². The fraction of sp³-hybridized carbons (Fsp3) is 0.750. The highest BCUT2D eigenvalue weighted by molar-refractivity contribution is 7.09. The van der Waals surface area contributed by atoms with Gasteiger partial charge in [-0.2, -0.15) is 0 Å². The molecule has 1 aliphatic heterocycles. The molecule has 2 rings (SSSR count). The van der Waals surface area contributed by atoms with E-state index in [1.54, 1.807) is 5.38 Å². The van der Waals surface area contributed by atoms with Crippen molar-refractivity contribution < 1.29 is 33.4 Å². The van der Waals surface area contributed by atoms with Crippen molar-refractivity contribution in [3.8, 4) is 0 Å². The van der Waals surface area contributed by atoms with Gasteiger partial charge < -0.3 is 25.0 Å². The molecule has 0 aliphatic carbocycles. The number of rotatable bonds is 16. The van der Waals surface area contributed by atoms with E-state index in [9.17, 15) is 24.0 Å². The molecule has 5 atom stereocenters. The summed E-state index contributed by atoms with van der Waals surface area (Å²) in [5, 5.41) is 7.58. The Bertz CT molecular complexity index is 1160. The van der Waals surface area contributed by atoms with Crippen molar-refractivity contribution in [2.75, 3.05) is 27.4 Å². The zero-order valence-corrected chi connectivity index (χ0v) is 29.2. The molecule has 0 aromatic carbocycles. The zero-order chi connectivity index (χ0) is 33.8. The van der Waals surface area contributed by atoms with Crippen LogP contribution >= 0.6 is 11.3 Å². The Morgan fingerprint density at radius 1 is 1.13 bits per heavy atom. The Labute approximate surface area is 272 Å². The summed E-state index contributed by atoms with van der Waals surface area (Å²) in [5.41, 5.74) is 0.193. The van der Waals surface area contributed by atoms with E-state index >= 15 is 0 Å². The van der Waals surface area contributed by atoms with E-state index in [0.29, 0.717) is 17.8 Å². The van der Waals surface area contributed by atoms with Gasteiger partial charge in [0.2, 0.25) is 11.8 Å². The van der Waals surface area contributed by atoms with E-state index in [-0.39, 0.29) is 66.8 Å². The third-order valence-corrected chi connectivity index (χ3v) is 9.20. The summed E-state index contributed by atoms with van der Waals surface area (Å²) in [6.07, 6.45) is 2.75. The molecule has 1 aliphatic rings. The normalized spacial score (nSPS) is 18.1. The number of ether oxygens (including phenoxy) is 2. The van der Waals surface area contributed by atoms with Gasteiger partial charge in [-0.25, -0.2) is 4.98 Å². The molecule has 13 heteroatoms. The first-order valence-corrected chi connectivity index (χ1v) is 16.9. The lowest BCUT2D eigenvalue weighted by molar-refractivity contribution is -0.160. The Morgan fingerprint density at radius 3 is 2.38 bits per heavy atom. The third kappa shape index (κ3) is 11.4. The second kappa shape index (κ2) is 18.2. The summed E-state index contributed by atoms with van der Waals surface area (Å²) >= 11 is 1.18. The molecular formula is C32H53N5O7S. The van der Waals surface area contributed by atoms with Crippen LogP contribution in [0.1, 0.15) is 109 Å². The maximum atomic E-state index is 14.5. The molecule has 1 saturated heterocycles. The SMILES string of the molecule is CC[C@H](C)[C@H](NC(=O)[C@H]1CCCCN1C)C(=O)N(COC(=O)CC(C)C)[C@H](C[C@@H](OC(C)=O)c1nc(C(=O)NC)cs1)C(C)C. The van der Waals surface area contributed by atoms with Gasteiger partial charge in [-0.15, -0.1) is 11.3 Å². The summed E-state index contributed by atoms with van der Waals surface area (Å²) in [7, 11) is 3.42. The number of likely N-dealkylation sites (tertiary alicyclic amines) is 1. The van der Waals surface area contributed by atoms with Crippen LogP contribution in [0, 0.1) is 17.8 Å². The van der Waals surface area contributed by atoms with E-state index in [1.807, 2.05) is 53.5 Å². The first-order chi connectivity index (χ1) is 21.2. The lowest BCUT2D eigenvalue weighted by atomic mass is 9.92. The summed E-state index contributed by atoms with van der Waals surface area (Å²) < 4.78 is 11.4. The van der Waals surface area contributed by atoms with Gasteiger partial charge in [-0.1, -0.05) is 54.4 Å². The van der Waals surface area contributed by atoms with Crippen LogP contribution in [0.4, 0.5) is 0 Å². The van der Waals surface area contributed by atoms with E-state index in [0.717, 1.165) is 19.4 Å². The Kier molecular flexibility index (Phi) is 15.4. The van der Waals surface area contributed by atoms with Crippen LogP contribution in [0.3, 0.4) is 0 Å². The van der Waals surface area contributed by atoms with Crippen LogP contribution in [0.5, 0.6) is 0 Å². The average molecular weight is 652 g/mol. The number of carbonyl (C=O) groups excluding carboxylic acids is 5. The number of hydrogen-bond donors (Lipinski definition) is 2. The molecule has 2 N–H and O–H groups in total.